The first-order chi connectivity index (χ1) is 5.52. The maximum absolute atomic E-state index is 12.0. The van der Waals surface area contributed by atoms with Crippen molar-refractivity contribution in [2.75, 3.05) is 0 Å². The molecule has 0 atom stereocenters. The molecule has 0 radical (unpaired) electrons. The highest BCUT2D eigenvalue weighted by molar-refractivity contribution is 6.34. The van der Waals surface area contributed by atoms with Gasteiger partial charge < -0.3 is 0 Å². The molecule has 1 rings (SSSR count). The molecule has 0 aliphatic heterocycles. The summed E-state index contributed by atoms with van der Waals surface area (Å²) in [6.45, 7) is 1.56. The van der Waals surface area contributed by atoms with Crippen molar-refractivity contribution in [3.05, 3.63) is 21.7 Å². The third kappa shape index (κ3) is 1.81. The molecule has 0 aliphatic rings. The first-order valence-electron chi connectivity index (χ1n) is 3.00. The molecule has 0 spiro atoms. The molecule has 0 N–H and O–H groups in total. The predicted molar refractivity (Wildman–Crippen MR) is 41.7 cm³/mol. The number of halogens is 4. The zero-order chi connectivity index (χ0) is 9.30. The van der Waals surface area contributed by atoms with Gasteiger partial charge in [0.25, 0.3) is 6.43 Å². The van der Waals surface area contributed by atoms with Crippen molar-refractivity contribution in [2.45, 2.75) is 13.3 Å². The number of hydrogen-bond acceptors (Lipinski definition) is 2. The van der Waals surface area contributed by atoms with Gasteiger partial charge in [-0.1, -0.05) is 23.2 Å². The van der Waals surface area contributed by atoms with E-state index in [0.717, 1.165) is 0 Å². The molecular formula is C6H4Cl2F2N2. The van der Waals surface area contributed by atoms with Gasteiger partial charge in [-0.2, -0.15) is 0 Å². The van der Waals surface area contributed by atoms with Gasteiger partial charge in [0.2, 0.25) is 0 Å². The van der Waals surface area contributed by atoms with Crippen molar-refractivity contribution < 1.29 is 8.78 Å². The molecule has 1 aromatic heterocycles. The van der Waals surface area contributed by atoms with E-state index in [0.29, 0.717) is 5.56 Å². The van der Waals surface area contributed by atoms with Crippen LogP contribution in [0.4, 0.5) is 8.78 Å². The average molecular weight is 213 g/mol. The van der Waals surface area contributed by atoms with Crippen LogP contribution in [0.3, 0.4) is 0 Å². The van der Waals surface area contributed by atoms with Gasteiger partial charge in [-0.25, -0.2) is 18.7 Å². The van der Waals surface area contributed by atoms with Crippen molar-refractivity contribution in [1.29, 1.82) is 0 Å². The zero-order valence-electron chi connectivity index (χ0n) is 5.98. The van der Waals surface area contributed by atoms with Crippen molar-refractivity contribution in [2.24, 2.45) is 0 Å². The van der Waals surface area contributed by atoms with Crippen LogP contribution >= 0.6 is 23.2 Å². The smallest absolute Gasteiger partial charge is 0.215 e. The second kappa shape index (κ2) is 3.49. The van der Waals surface area contributed by atoms with Crippen LogP contribution in [-0.4, -0.2) is 9.97 Å². The predicted octanol–water partition coefficient (Wildman–Crippen LogP) is 3.03. The van der Waals surface area contributed by atoms with E-state index in [-0.39, 0.29) is 10.3 Å². The maximum atomic E-state index is 12.0. The van der Waals surface area contributed by atoms with E-state index < -0.39 is 12.2 Å². The average Bonchev–Trinajstić information content (AvgIpc) is 1.99. The van der Waals surface area contributed by atoms with E-state index in [1.165, 1.54) is 0 Å². The van der Waals surface area contributed by atoms with Crippen LogP contribution in [0.15, 0.2) is 0 Å². The third-order valence-electron chi connectivity index (χ3n) is 1.24. The summed E-state index contributed by atoms with van der Waals surface area (Å²) >= 11 is 11.0. The molecule has 6 heteroatoms. The number of aromatic nitrogens is 2. The monoisotopic (exact) mass is 212 g/mol. The number of nitrogens with zero attached hydrogens (tertiary/aromatic N) is 2. The van der Waals surface area contributed by atoms with Gasteiger partial charge in [0, 0.05) is 5.56 Å². The lowest BCUT2D eigenvalue weighted by molar-refractivity contribution is 0.140. The minimum atomic E-state index is -2.75. The lowest BCUT2D eigenvalue weighted by Gasteiger charge is -2.02. The minimum absolute atomic E-state index is 0.0368. The van der Waals surface area contributed by atoms with Crippen LogP contribution in [0.1, 0.15) is 17.8 Å². The van der Waals surface area contributed by atoms with E-state index in [1.54, 1.807) is 6.92 Å². The molecule has 2 nitrogen and oxygen atoms in total. The second-order valence-electron chi connectivity index (χ2n) is 2.09. The summed E-state index contributed by atoms with van der Waals surface area (Å²) in [6, 6.07) is 0. The molecule has 66 valence electrons. The molecular weight excluding hydrogens is 209 g/mol. The number of rotatable bonds is 1. The van der Waals surface area contributed by atoms with Crippen LogP contribution in [0.5, 0.6) is 0 Å². The molecule has 0 saturated heterocycles. The highest BCUT2D eigenvalue weighted by Gasteiger charge is 2.14. The Morgan fingerprint density at radius 2 is 1.58 bits per heavy atom. The summed E-state index contributed by atoms with van der Waals surface area (Å²) in [6.07, 6.45) is -2.75. The summed E-state index contributed by atoms with van der Waals surface area (Å²) in [7, 11) is 0. The summed E-state index contributed by atoms with van der Waals surface area (Å²) in [5, 5.41) is -0.0735. The SMILES string of the molecule is Cc1c(Cl)nc(C(F)F)nc1Cl. The molecule has 0 saturated carbocycles. The molecule has 0 amide bonds. The van der Waals surface area contributed by atoms with Gasteiger partial charge in [0.15, 0.2) is 5.82 Å². The first kappa shape index (κ1) is 9.61. The van der Waals surface area contributed by atoms with Crippen molar-refractivity contribution >= 4 is 23.2 Å². The van der Waals surface area contributed by atoms with Crippen LogP contribution in [0.25, 0.3) is 0 Å². The summed E-state index contributed by atoms with van der Waals surface area (Å²) in [5.41, 5.74) is 0.405. The Kier molecular flexibility index (Phi) is 2.80. The van der Waals surface area contributed by atoms with Crippen molar-refractivity contribution in [3.8, 4) is 0 Å². The Morgan fingerprint density at radius 1 is 1.17 bits per heavy atom. The van der Waals surface area contributed by atoms with Gasteiger partial charge in [-0.05, 0) is 6.92 Å². The highest BCUT2D eigenvalue weighted by Crippen LogP contribution is 2.23. The fourth-order valence-corrected chi connectivity index (χ4v) is 0.977. The van der Waals surface area contributed by atoms with Crippen molar-refractivity contribution in [3.63, 3.8) is 0 Å². The Morgan fingerprint density at radius 3 is 1.92 bits per heavy atom. The van der Waals surface area contributed by atoms with Crippen LogP contribution in [0.2, 0.25) is 10.3 Å². The summed E-state index contributed by atoms with van der Waals surface area (Å²) in [4.78, 5) is 6.71. The fourth-order valence-electron chi connectivity index (χ4n) is 0.577. The second-order valence-corrected chi connectivity index (χ2v) is 2.81. The topological polar surface area (TPSA) is 25.8 Å². The van der Waals surface area contributed by atoms with Gasteiger partial charge in [0.1, 0.15) is 10.3 Å². The molecule has 0 aliphatic carbocycles. The normalized spacial score (nSPS) is 10.8. The third-order valence-corrected chi connectivity index (χ3v) is 1.98. The van der Waals surface area contributed by atoms with E-state index in [1.807, 2.05) is 0 Å². The van der Waals surface area contributed by atoms with Gasteiger partial charge in [-0.15, -0.1) is 0 Å². The molecule has 1 heterocycles. The van der Waals surface area contributed by atoms with Crippen molar-refractivity contribution in [1.82, 2.24) is 9.97 Å². The largest absolute Gasteiger partial charge is 0.297 e. The number of alkyl halides is 2. The van der Waals surface area contributed by atoms with Gasteiger partial charge >= 0.3 is 0 Å². The standard InChI is InChI=1S/C6H4Cl2F2N2/c1-2-3(7)11-6(5(9)10)12-4(2)8/h5H,1H3. The molecule has 0 fully saturated rings. The Hall–Kier alpha value is -0.480. The van der Waals surface area contributed by atoms with E-state index >= 15 is 0 Å². The Balaban J connectivity index is 3.21. The molecule has 0 unspecified atom stereocenters. The summed E-state index contributed by atoms with van der Waals surface area (Å²) < 4.78 is 24.0. The van der Waals surface area contributed by atoms with E-state index in [9.17, 15) is 8.78 Å². The van der Waals surface area contributed by atoms with Gasteiger partial charge in [0.05, 0.1) is 0 Å². The minimum Gasteiger partial charge on any atom is -0.215 e. The summed E-state index contributed by atoms with van der Waals surface area (Å²) in [5.74, 6) is -0.643. The molecule has 0 bridgehead atoms. The zero-order valence-corrected chi connectivity index (χ0v) is 7.50. The Labute approximate surface area is 77.5 Å². The molecule has 12 heavy (non-hydrogen) atoms. The Bertz CT molecular complexity index is 281. The van der Waals surface area contributed by atoms with Crippen LogP contribution in [0, 0.1) is 6.92 Å². The van der Waals surface area contributed by atoms with Crippen LogP contribution < -0.4 is 0 Å². The molecule has 0 aromatic carbocycles. The van der Waals surface area contributed by atoms with Crippen LogP contribution in [-0.2, 0) is 0 Å². The maximum Gasteiger partial charge on any atom is 0.297 e. The first-order valence-corrected chi connectivity index (χ1v) is 3.75. The fraction of sp³-hybridized carbons (Fsp3) is 0.333. The van der Waals surface area contributed by atoms with Gasteiger partial charge in [-0.3, -0.25) is 0 Å². The number of hydrogen-bond donors (Lipinski definition) is 0. The quantitative estimate of drug-likeness (QED) is 0.670. The molecule has 1 aromatic rings. The lowest BCUT2D eigenvalue weighted by Crippen LogP contribution is -1.98. The van der Waals surface area contributed by atoms with E-state index in [2.05, 4.69) is 9.97 Å². The highest BCUT2D eigenvalue weighted by atomic mass is 35.5. The lowest BCUT2D eigenvalue weighted by atomic mass is 10.4. The van der Waals surface area contributed by atoms with E-state index in [4.69, 9.17) is 23.2 Å².